The summed E-state index contributed by atoms with van der Waals surface area (Å²) in [6.45, 7) is 27.0. The summed E-state index contributed by atoms with van der Waals surface area (Å²) in [5, 5.41) is 16.2. The number of amides is 4. The highest BCUT2D eigenvalue weighted by molar-refractivity contribution is 5.78. The second-order valence-electron chi connectivity index (χ2n) is 18.4. The molecule has 0 saturated heterocycles. The number of nitrogens with zero attached hydrogens (tertiary/aromatic N) is 5. The predicted octanol–water partition coefficient (Wildman–Crippen LogP) is 2.19. The molecule has 22 nitrogen and oxygen atoms in total. The third-order valence-corrected chi connectivity index (χ3v) is 6.10. The predicted molar refractivity (Wildman–Crippen MR) is 294 cm³/mol. The number of likely N-dealkylation sites (N-methyl/N-ethyl adjacent to an activating group) is 3. The van der Waals surface area contributed by atoms with Gasteiger partial charge in [0.1, 0.15) is 6.73 Å². The van der Waals surface area contributed by atoms with Crippen molar-refractivity contribution in [3.05, 3.63) is 0 Å². The number of hydrogen-bond donors (Lipinski definition) is 6. The number of carbonyl (C=O) groups is 7. The maximum absolute atomic E-state index is 10.8. The Balaban J connectivity index is -0.0000000732. The molecule has 71 heavy (non-hydrogen) atoms. The molecule has 0 heterocycles. The Kier molecular flexibility index (Phi) is 86.1. The van der Waals surface area contributed by atoms with Crippen LogP contribution in [0, 0.1) is 29.6 Å². The summed E-state index contributed by atoms with van der Waals surface area (Å²) in [7, 11) is 32.3. The molecular formula is C49H115N11O11. The second kappa shape index (κ2) is 68.0. The van der Waals surface area contributed by atoms with Crippen molar-refractivity contribution in [2.45, 2.75) is 83.1 Å². The molecule has 0 aliphatic carbocycles. The van der Waals surface area contributed by atoms with Crippen LogP contribution in [-0.2, 0) is 52.5 Å². The highest BCUT2D eigenvalue weighted by atomic mass is 16.5. The van der Waals surface area contributed by atoms with E-state index in [0.717, 1.165) is 19.1 Å². The van der Waals surface area contributed by atoms with Crippen LogP contribution in [0.2, 0.25) is 0 Å². The van der Waals surface area contributed by atoms with Gasteiger partial charge in [-0.15, -0.1) is 0 Å². The zero-order valence-electron chi connectivity index (χ0n) is 51.1. The molecular weight excluding hydrogens is 919 g/mol. The van der Waals surface area contributed by atoms with Gasteiger partial charge < -0.3 is 60.6 Å². The monoisotopic (exact) mass is 1030 g/mol. The van der Waals surface area contributed by atoms with Gasteiger partial charge in [-0.25, -0.2) is 0 Å². The van der Waals surface area contributed by atoms with E-state index in [2.05, 4.69) is 73.8 Å². The Hall–Kier alpha value is -4.03. The molecule has 432 valence electrons. The van der Waals surface area contributed by atoms with Gasteiger partial charge in [0.25, 0.3) is 0 Å². The molecule has 22 heteroatoms. The minimum absolute atomic E-state index is 0.00463. The van der Waals surface area contributed by atoms with Gasteiger partial charge in [-0.3, -0.25) is 48.3 Å². The highest BCUT2D eigenvalue weighted by Gasteiger charge is 2.04. The van der Waals surface area contributed by atoms with Crippen molar-refractivity contribution >= 4 is 41.5 Å². The van der Waals surface area contributed by atoms with Crippen LogP contribution < -0.4 is 31.9 Å². The van der Waals surface area contributed by atoms with Crippen LogP contribution in [0.1, 0.15) is 83.1 Å². The maximum Gasteiger partial charge on any atom is 0.319 e. The van der Waals surface area contributed by atoms with E-state index < -0.39 is 0 Å². The van der Waals surface area contributed by atoms with E-state index in [1.54, 1.807) is 51.9 Å². The molecule has 0 unspecified atom stereocenters. The molecule has 4 amide bonds. The van der Waals surface area contributed by atoms with Crippen molar-refractivity contribution in [1.29, 1.82) is 0 Å². The van der Waals surface area contributed by atoms with Crippen LogP contribution >= 0.6 is 0 Å². The molecule has 0 saturated carbocycles. The number of nitrogens with one attached hydrogen (secondary N) is 6. The van der Waals surface area contributed by atoms with Gasteiger partial charge in [-0.05, 0) is 110 Å². The van der Waals surface area contributed by atoms with E-state index in [4.69, 9.17) is 4.74 Å². The molecule has 0 atom stereocenters. The topological polar surface area (TPSA) is 245 Å². The summed E-state index contributed by atoms with van der Waals surface area (Å²) in [5.74, 6) is 1.32. The average molecular weight is 1030 g/mol. The lowest BCUT2D eigenvalue weighted by Crippen LogP contribution is -2.34. The molecule has 0 rings (SSSR count). The third-order valence-electron chi connectivity index (χ3n) is 6.10. The Morgan fingerprint density at radius 2 is 0.944 bits per heavy atom. The van der Waals surface area contributed by atoms with E-state index in [9.17, 15) is 33.6 Å². The molecule has 0 bridgehead atoms. The van der Waals surface area contributed by atoms with Crippen molar-refractivity contribution in [3.8, 4) is 0 Å². The standard InChI is InChI=1S/C6H14N2O.2C5H12N2O.2C5H11NO2.C5H11NO.C5H13N.C5H10O2.C5H12O.C3H9N/c1-5(2)6(9)8-4-7-3;1-6-5(8)4-7(2)3;1-5(8)6-4-7(2)3;1-6(2)4-5(7)8-3;1-5(7)8-4-6(2)3;1-4(2)5(7)6-3;1-5(2)4-6-3;1-4(2)5(6)7-3;1-5(2)4-6-3;1-4(2)3/h5,7H,4H2,1-3H3,(H,8,9);2*4H2,1-3H3,(H,6,8);2*4H2,1-3H3;4H,1-3H3,(H,6,7);5-6H,4H2,1-3H3;4H,1-3H3;5H,4H2,1-3H3;1-3H3. The summed E-state index contributed by atoms with van der Waals surface area (Å²) in [6.07, 6.45) is 0. The van der Waals surface area contributed by atoms with Gasteiger partial charge in [0.2, 0.25) is 23.6 Å². The van der Waals surface area contributed by atoms with Gasteiger partial charge in [0, 0.05) is 53.5 Å². The molecule has 0 aromatic heterocycles. The normalized spacial score (nSPS) is 9.52. The third kappa shape index (κ3) is 140. The van der Waals surface area contributed by atoms with Crippen molar-refractivity contribution in [2.75, 3.05) is 173 Å². The van der Waals surface area contributed by atoms with Crippen LogP contribution in [0.3, 0.4) is 0 Å². The minimum atomic E-state index is -0.237. The number of carbonyl (C=O) groups excluding carboxylic acids is 7. The Bertz CT molecular complexity index is 1110. The summed E-state index contributed by atoms with van der Waals surface area (Å²) >= 11 is 0. The molecule has 0 spiro atoms. The van der Waals surface area contributed by atoms with E-state index in [1.807, 2.05) is 127 Å². The number of ether oxygens (including phenoxy) is 4. The second-order valence-corrected chi connectivity index (χ2v) is 18.4. The fourth-order valence-corrected chi connectivity index (χ4v) is 2.82. The number of esters is 3. The molecule has 6 N–H and O–H groups in total. The summed E-state index contributed by atoms with van der Waals surface area (Å²) < 4.78 is 18.1. The van der Waals surface area contributed by atoms with Crippen molar-refractivity contribution < 1.29 is 52.5 Å². The zero-order valence-corrected chi connectivity index (χ0v) is 51.1. The molecule has 0 aromatic rings. The lowest BCUT2D eigenvalue weighted by atomic mass is 10.2. The first-order valence-corrected chi connectivity index (χ1v) is 23.6. The first-order chi connectivity index (χ1) is 32.4. The first kappa shape index (κ1) is 89.8. The summed E-state index contributed by atoms with van der Waals surface area (Å²) in [4.78, 5) is 81.8. The molecule has 0 aliphatic heterocycles. The minimum Gasteiger partial charge on any atom is -0.469 e. The van der Waals surface area contributed by atoms with E-state index in [1.165, 1.54) is 28.1 Å². The van der Waals surface area contributed by atoms with Gasteiger partial charge in [-0.2, -0.15) is 0 Å². The molecule has 0 aliphatic rings. The number of hydrogen-bond acceptors (Lipinski definition) is 18. The number of methoxy groups -OCH3 is 3. The fraction of sp³-hybridized carbons (Fsp3) is 0.857. The Morgan fingerprint density at radius 1 is 0.507 bits per heavy atom. The van der Waals surface area contributed by atoms with Gasteiger partial charge in [-0.1, -0.05) is 69.2 Å². The van der Waals surface area contributed by atoms with Crippen LogP contribution in [0.15, 0.2) is 0 Å². The van der Waals surface area contributed by atoms with Gasteiger partial charge in [0.05, 0.1) is 46.6 Å². The largest absolute Gasteiger partial charge is 0.469 e. The summed E-state index contributed by atoms with van der Waals surface area (Å²) in [6, 6.07) is 0. The fourth-order valence-electron chi connectivity index (χ4n) is 2.82. The SMILES string of the molecule is CC(=O)NCN(C)C.CC(=O)OCN(C)C.CN(C)C.CNC(=O)C(C)C.CNC(=O)CN(C)C.CNCC(C)C.CNCNC(=O)C(C)C.COC(=O)C(C)C.COC(=O)CN(C)C.COCC(C)C. The quantitative estimate of drug-likeness (QED) is 0.0695. The van der Waals surface area contributed by atoms with Crippen molar-refractivity contribution in [3.63, 3.8) is 0 Å². The molecule has 0 radical (unpaired) electrons. The van der Waals surface area contributed by atoms with Crippen LogP contribution in [-0.4, -0.2) is 239 Å². The van der Waals surface area contributed by atoms with Gasteiger partial charge in [0.15, 0.2) is 0 Å². The Morgan fingerprint density at radius 3 is 1.04 bits per heavy atom. The number of rotatable bonds is 17. The summed E-state index contributed by atoms with van der Waals surface area (Å²) in [5.41, 5.74) is 0. The smallest absolute Gasteiger partial charge is 0.319 e. The van der Waals surface area contributed by atoms with Crippen LogP contribution in [0.4, 0.5) is 0 Å². The molecule has 0 aromatic carbocycles. The maximum atomic E-state index is 10.8. The Labute approximate surface area is 435 Å². The van der Waals surface area contributed by atoms with Crippen LogP contribution in [0.25, 0.3) is 0 Å². The van der Waals surface area contributed by atoms with Gasteiger partial charge >= 0.3 is 17.9 Å². The van der Waals surface area contributed by atoms with Crippen molar-refractivity contribution in [2.24, 2.45) is 29.6 Å². The molecule has 0 fully saturated rings. The average Bonchev–Trinajstić information content (AvgIpc) is 3.24. The van der Waals surface area contributed by atoms with E-state index in [0.29, 0.717) is 39.1 Å². The van der Waals surface area contributed by atoms with Crippen molar-refractivity contribution in [1.82, 2.24) is 56.4 Å². The first-order valence-electron chi connectivity index (χ1n) is 23.6. The highest BCUT2D eigenvalue weighted by Crippen LogP contribution is 1.92. The van der Waals surface area contributed by atoms with E-state index in [-0.39, 0.29) is 59.3 Å². The lowest BCUT2D eigenvalue weighted by Gasteiger charge is -2.08. The zero-order chi connectivity index (χ0) is 58.8. The van der Waals surface area contributed by atoms with Crippen LogP contribution in [0.5, 0.6) is 0 Å². The lowest BCUT2D eigenvalue weighted by molar-refractivity contribution is -0.145. The van der Waals surface area contributed by atoms with E-state index >= 15 is 0 Å².